The summed E-state index contributed by atoms with van der Waals surface area (Å²) in [5.41, 5.74) is -2.45. The standard InChI is InChI=1S/C26H29F7N2O3/c1-16(19-12-20(25(28,29)30)14-21(13-19)26(31,32)33)38-24-23(17-2-4-22(27)5-3-17)18(6-11-37-24)15-34-7-9-35(36)10-8-34/h2-5,12-14,16,18,23-24,35H,6-11,15H2,1H3/t16-,18+,23+,24-/m1/s1. The van der Waals surface area contributed by atoms with Gasteiger partial charge in [-0.2, -0.15) is 26.3 Å². The van der Waals surface area contributed by atoms with Crippen molar-refractivity contribution in [1.82, 2.24) is 4.90 Å². The molecule has 0 aliphatic carbocycles. The second-order valence-corrected chi connectivity index (χ2v) is 9.82. The fraction of sp³-hybridized carbons (Fsp3) is 0.538. The monoisotopic (exact) mass is 550 g/mol. The average molecular weight is 551 g/mol. The van der Waals surface area contributed by atoms with Crippen molar-refractivity contribution in [3.63, 3.8) is 0 Å². The molecular weight excluding hydrogens is 521 g/mol. The Morgan fingerprint density at radius 1 is 1.00 bits per heavy atom. The first-order valence-electron chi connectivity index (χ1n) is 12.4. The summed E-state index contributed by atoms with van der Waals surface area (Å²) in [6.45, 7) is 4.31. The van der Waals surface area contributed by atoms with E-state index in [0.717, 1.165) is 0 Å². The van der Waals surface area contributed by atoms with Crippen molar-refractivity contribution in [2.24, 2.45) is 5.92 Å². The lowest BCUT2D eigenvalue weighted by atomic mass is 9.81. The summed E-state index contributed by atoms with van der Waals surface area (Å²) in [6, 6.07) is 7.10. The van der Waals surface area contributed by atoms with Crippen molar-refractivity contribution in [2.75, 3.05) is 39.3 Å². The molecule has 4 rings (SSSR count). The van der Waals surface area contributed by atoms with E-state index in [1.54, 1.807) is 12.1 Å². The number of ether oxygens (including phenoxy) is 2. The van der Waals surface area contributed by atoms with Crippen LogP contribution < -0.4 is 5.06 Å². The number of alkyl halides is 6. The molecule has 0 saturated carbocycles. The van der Waals surface area contributed by atoms with E-state index in [1.807, 2.05) is 0 Å². The summed E-state index contributed by atoms with van der Waals surface area (Å²) in [5, 5.41) is 11.8. The first-order chi connectivity index (χ1) is 17.8. The summed E-state index contributed by atoms with van der Waals surface area (Å²) in [4.78, 5) is 2.15. The van der Waals surface area contributed by atoms with Gasteiger partial charge in [-0.25, -0.2) is 4.39 Å². The molecule has 0 bridgehead atoms. The Bertz CT molecular complexity index is 1040. The largest absolute Gasteiger partial charge is 0.634 e. The van der Waals surface area contributed by atoms with Gasteiger partial charge in [-0.15, -0.1) is 0 Å². The highest BCUT2D eigenvalue weighted by Gasteiger charge is 2.40. The van der Waals surface area contributed by atoms with Gasteiger partial charge in [0.1, 0.15) is 5.82 Å². The minimum absolute atomic E-state index is 0.0631. The van der Waals surface area contributed by atoms with Gasteiger partial charge in [0.2, 0.25) is 0 Å². The summed E-state index contributed by atoms with van der Waals surface area (Å²) in [5.74, 6) is -0.977. The zero-order valence-electron chi connectivity index (χ0n) is 20.6. The number of nitrogens with one attached hydrogen (secondary N) is 1. The van der Waals surface area contributed by atoms with E-state index >= 15 is 0 Å². The second-order valence-electron chi connectivity index (χ2n) is 9.82. The number of piperazine rings is 1. The number of hydrogen-bond acceptors (Lipinski definition) is 4. The van der Waals surface area contributed by atoms with Gasteiger partial charge < -0.3 is 19.7 Å². The minimum Gasteiger partial charge on any atom is -0.634 e. The number of hydroxylamine groups is 2. The van der Waals surface area contributed by atoms with Crippen LogP contribution in [0.3, 0.4) is 0 Å². The number of nitrogens with zero attached hydrogens (tertiary/aromatic N) is 1. The topological polar surface area (TPSA) is 49.2 Å². The molecule has 0 amide bonds. The van der Waals surface area contributed by atoms with E-state index in [4.69, 9.17) is 9.47 Å². The summed E-state index contributed by atoms with van der Waals surface area (Å²) in [6.07, 6.45) is -11.5. The highest BCUT2D eigenvalue weighted by atomic mass is 19.4. The van der Waals surface area contributed by atoms with Gasteiger partial charge in [0.05, 0.1) is 36.9 Å². The Morgan fingerprint density at radius 2 is 1.58 bits per heavy atom. The Labute approximate surface area is 215 Å². The number of benzene rings is 2. The van der Waals surface area contributed by atoms with E-state index < -0.39 is 47.6 Å². The Hall–Kier alpha value is -2.25. The normalized spacial score (nSPS) is 24.9. The zero-order chi connectivity index (χ0) is 27.7. The van der Waals surface area contributed by atoms with E-state index in [1.165, 1.54) is 19.1 Å². The predicted molar refractivity (Wildman–Crippen MR) is 123 cm³/mol. The van der Waals surface area contributed by atoms with Crippen molar-refractivity contribution in [2.45, 2.75) is 44.0 Å². The molecule has 2 heterocycles. The third-order valence-corrected chi connectivity index (χ3v) is 7.15. The highest BCUT2D eigenvalue weighted by molar-refractivity contribution is 5.35. The number of hydrogen-bond donors (Lipinski definition) is 1. The first kappa shape index (κ1) is 28.8. The van der Waals surface area contributed by atoms with Gasteiger partial charge in [0.15, 0.2) is 6.29 Å². The molecule has 210 valence electrons. The third kappa shape index (κ3) is 7.03. The van der Waals surface area contributed by atoms with Gasteiger partial charge in [-0.1, -0.05) is 12.1 Å². The SMILES string of the molecule is C[C@@H](O[C@H]1OCC[C@@H](CN2CC[NH+]([O-])CC2)[C@@H]1c1ccc(F)cc1)c1cc(C(F)(F)F)cc(C(F)(F)F)c1. The fourth-order valence-corrected chi connectivity index (χ4v) is 5.09. The van der Waals surface area contributed by atoms with Crippen LogP contribution in [0.1, 0.15) is 47.6 Å². The average Bonchev–Trinajstić information content (AvgIpc) is 2.85. The van der Waals surface area contributed by atoms with Crippen molar-refractivity contribution < 1.29 is 45.3 Å². The fourth-order valence-electron chi connectivity index (χ4n) is 5.09. The summed E-state index contributed by atoms with van der Waals surface area (Å²) in [7, 11) is 0. The predicted octanol–water partition coefficient (Wildman–Crippen LogP) is 4.79. The van der Waals surface area contributed by atoms with Gasteiger partial charge in [-0.3, -0.25) is 4.90 Å². The minimum atomic E-state index is -4.98. The molecule has 0 spiro atoms. The molecule has 5 nitrogen and oxygen atoms in total. The van der Waals surface area contributed by atoms with Crippen LogP contribution in [0.4, 0.5) is 30.7 Å². The molecule has 2 aromatic carbocycles. The maximum Gasteiger partial charge on any atom is 0.416 e. The first-order valence-corrected chi connectivity index (χ1v) is 12.4. The van der Waals surface area contributed by atoms with Crippen LogP contribution in [-0.2, 0) is 21.8 Å². The maximum atomic E-state index is 13.7. The molecule has 2 fully saturated rings. The van der Waals surface area contributed by atoms with Gasteiger partial charge >= 0.3 is 12.4 Å². The van der Waals surface area contributed by atoms with Crippen LogP contribution in [0.2, 0.25) is 0 Å². The quantitative estimate of drug-likeness (QED) is 0.416. The molecule has 2 saturated heterocycles. The highest BCUT2D eigenvalue weighted by Crippen LogP contribution is 2.41. The second kappa shape index (κ2) is 11.5. The number of halogens is 7. The van der Waals surface area contributed by atoms with Gasteiger partial charge in [0, 0.05) is 25.6 Å². The van der Waals surface area contributed by atoms with Crippen LogP contribution in [0.5, 0.6) is 0 Å². The molecule has 2 aromatic rings. The molecule has 0 radical (unpaired) electrons. The molecule has 4 atom stereocenters. The van der Waals surface area contributed by atoms with E-state index in [0.29, 0.717) is 56.8 Å². The molecule has 2 aliphatic heterocycles. The molecule has 12 heteroatoms. The Balaban J connectivity index is 1.61. The van der Waals surface area contributed by atoms with Crippen LogP contribution in [-0.4, -0.2) is 50.5 Å². The lowest BCUT2D eigenvalue weighted by Crippen LogP contribution is -3.10. The van der Waals surface area contributed by atoms with E-state index in [-0.39, 0.29) is 29.2 Å². The van der Waals surface area contributed by atoms with Crippen molar-refractivity contribution in [3.8, 4) is 0 Å². The van der Waals surface area contributed by atoms with Crippen LogP contribution in [0.25, 0.3) is 0 Å². The third-order valence-electron chi connectivity index (χ3n) is 7.15. The molecule has 38 heavy (non-hydrogen) atoms. The molecule has 0 unspecified atom stereocenters. The van der Waals surface area contributed by atoms with Crippen LogP contribution in [0.15, 0.2) is 42.5 Å². The van der Waals surface area contributed by atoms with E-state index in [9.17, 15) is 35.9 Å². The lowest BCUT2D eigenvalue weighted by Gasteiger charge is -2.42. The Kier molecular flexibility index (Phi) is 8.68. The zero-order valence-corrected chi connectivity index (χ0v) is 20.6. The molecule has 2 aliphatic rings. The molecule has 0 aromatic heterocycles. The van der Waals surface area contributed by atoms with Crippen molar-refractivity contribution >= 4 is 0 Å². The Morgan fingerprint density at radius 3 is 2.13 bits per heavy atom. The van der Waals surface area contributed by atoms with Crippen molar-refractivity contribution in [3.05, 3.63) is 75.7 Å². The van der Waals surface area contributed by atoms with Gasteiger partial charge in [-0.05, 0) is 60.7 Å². The van der Waals surface area contributed by atoms with Crippen molar-refractivity contribution in [1.29, 1.82) is 0 Å². The van der Waals surface area contributed by atoms with Crippen LogP contribution in [0, 0.1) is 16.9 Å². The van der Waals surface area contributed by atoms with E-state index in [2.05, 4.69) is 4.90 Å². The molecule has 1 N–H and O–H groups in total. The molecular formula is C26H29F7N2O3. The summed E-state index contributed by atoms with van der Waals surface area (Å²) < 4.78 is 106. The van der Waals surface area contributed by atoms with Crippen LogP contribution >= 0.6 is 0 Å². The number of quaternary nitrogens is 1. The van der Waals surface area contributed by atoms with Gasteiger partial charge in [0.25, 0.3) is 0 Å². The summed E-state index contributed by atoms with van der Waals surface area (Å²) >= 11 is 0. The number of rotatable bonds is 6. The lowest BCUT2D eigenvalue weighted by molar-refractivity contribution is -0.853. The smallest absolute Gasteiger partial charge is 0.416 e. The maximum absolute atomic E-state index is 13.7.